The van der Waals surface area contributed by atoms with Crippen LogP contribution in [-0.2, 0) is 14.4 Å². The summed E-state index contributed by atoms with van der Waals surface area (Å²) >= 11 is 0. The third kappa shape index (κ3) is 5.16. The summed E-state index contributed by atoms with van der Waals surface area (Å²) in [5, 5.41) is 0. The number of sulfonamides is 1. The van der Waals surface area contributed by atoms with Gasteiger partial charge in [-0.15, -0.1) is 6.42 Å². The van der Waals surface area contributed by atoms with Gasteiger partial charge in [0.05, 0.1) is 23.2 Å². The highest BCUT2D eigenvalue weighted by Crippen LogP contribution is 2.45. The summed E-state index contributed by atoms with van der Waals surface area (Å²) in [6, 6.07) is 6.71. The van der Waals surface area contributed by atoms with Crippen molar-refractivity contribution in [3.05, 3.63) is 41.2 Å². The molecule has 2 rings (SSSR count). The van der Waals surface area contributed by atoms with Crippen molar-refractivity contribution in [2.24, 2.45) is 0 Å². The van der Waals surface area contributed by atoms with Crippen LogP contribution in [0.4, 0.5) is 0 Å². The molecule has 0 spiro atoms. The molecule has 0 saturated carbocycles. The second-order valence-electron chi connectivity index (χ2n) is 10.0. The van der Waals surface area contributed by atoms with E-state index in [1.54, 1.807) is 12.1 Å². The van der Waals surface area contributed by atoms with Crippen LogP contribution < -0.4 is 0 Å². The molecule has 1 unspecified atom stereocenters. The molecule has 0 heterocycles. The van der Waals surface area contributed by atoms with Crippen molar-refractivity contribution in [2.75, 3.05) is 6.54 Å². The van der Waals surface area contributed by atoms with E-state index in [2.05, 4.69) is 47.5 Å². The van der Waals surface area contributed by atoms with Crippen molar-refractivity contribution in [3.63, 3.8) is 0 Å². The lowest BCUT2D eigenvalue weighted by atomic mass is 9.93. The minimum atomic E-state index is -3.72. The van der Waals surface area contributed by atoms with Crippen LogP contribution >= 0.6 is 0 Å². The van der Waals surface area contributed by atoms with Gasteiger partial charge in [-0.2, -0.15) is 4.31 Å². The van der Waals surface area contributed by atoms with E-state index in [0.29, 0.717) is 16.6 Å². The second kappa shape index (κ2) is 10.6. The van der Waals surface area contributed by atoms with Gasteiger partial charge in [-0.05, 0) is 61.0 Å². The fourth-order valence-corrected chi connectivity index (χ4v) is 12.4. The minimum Gasteiger partial charge on any atom is -0.546 e. The van der Waals surface area contributed by atoms with E-state index in [1.807, 2.05) is 26.0 Å². The Morgan fingerprint density at radius 3 is 2.06 bits per heavy atom. The first-order valence-corrected chi connectivity index (χ1v) is 15.4. The molecule has 6 heteroatoms. The number of allylic oxidation sites excluding steroid dienone is 1. The monoisotopic (exact) mass is 475 g/mol. The lowest BCUT2D eigenvalue weighted by molar-refractivity contribution is 0.286. The number of benzene rings is 1. The number of hydrogen-bond donors (Lipinski definition) is 0. The Kier molecular flexibility index (Phi) is 8.83. The highest BCUT2D eigenvalue weighted by atomic mass is 32.2. The van der Waals surface area contributed by atoms with Gasteiger partial charge >= 0.3 is 0 Å². The maximum atomic E-state index is 13.6. The number of nitrogens with zero attached hydrogens (tertiary/aromatic N) is 1. The van der Waals surface area contributed by atoms with Crippen LogP contribution in [0.5, 0.6) is 0 Å². The van der Waals surface area contributed by atoms with Gasteiger partial charge in [-0.25, -0.2) is 8.42 Å². The van der Waals surface area contributed by atoms with Crippen LogP contribution in [0.15, 0.2) is 40.5 Å². The molecule has 1 aliphatic rings. The highest BCUT2D eigenvalue weighted by Gasteiger charge is 2.48. The average molecular weight is 476 g/mol. The summed E-state index contributed by atoms with van der Waals surface area (Å²) in [6.45, 7) is 17.7. The Labute approximate surface area is 197 Å². The van der Waals surface area contributed by atoms with Gasteiger partial charge in [0.15, 0.2) is 0 Å². The molecule has 4 nitrogen and oxygen atoms in total. The maximum Gasteiger partial charge on any atom is 0.258 e. The van der Waals surface area contributed by atoms with E-state index in [0.717, 1.165) is 36.2 Å². The van der Waals surface area contributed by atoms with Crippen LogP contribution in [0.3, 0.4) is 0 Å². The number of aryl methyl sites for hydroxylation is 1. The normalized spacial score (nSPS) is 18.0. The zero-order valence-corrected chi connectivity index (χ0v) is 22.9. The first-order chi connectivity index (χ1) is 14.9. The zero-order valence-electron chi connectivity index (χ0n) is 21.1. The summed E-state index contributed by atoms with van der Waals surface area (Å²) < 4.78 is 35.7. The Balaban J connectivity index is 2.52. The standard InChI is InChI=1S/C26H41NO3SSi/c1-10-18-27(31(28,29)24-16-14-22(8)15-17-24)25-12-11-13-26(23(25)9)30-32(19(2)3,20(4)5)21(6)7/h1,14-17,19-21,25H,11-13,18H2,2-9H3. The molecule has 0 fully saturated rings. The molecule has 0 radical (unpaired) electrons. The van der Waals surface area contributed by atoms with Crippen molar-refractivity contribution in [1.29, 1.82) is 0 Å². The van der Waals surface area contributed by atoms with Crippen LogP contribution in [-0.4, -0.2) is 33.6 Å². The molecule has 1 atom stereocenters. The molecule has 0 aromatic heterocycles. The van der Waals surface area contributed by atoms with Gasteiger partial charge < -0.3 is 4.43 Å². The molecule has 1 aliphatic carbocycles. The molecule has 1 aromatic carbocycles. The molecule has 0 N–H and O–H groups in total. The third-order valence-corrected chi connectivity index (χ3v) is 14.9. The third-order valence-electron chi connectivity index (χ3n) is 7.05. The molecule has 0 bridgehead atoms. The second-order valence-corrected chi connectivity index (χ2v) is 17.3. The Hall–Kier alpha value is -1.55. The Morgan fingerprint density at radius 2 is 1.59 bits per heavy atom. The van der Waals surface area contributed by atoms with E-state index in [9.17, 15) is 8.42 Å². The van der Waals surface area contributed by atoms with Gasteiger partial charge in [0.1, 0.15) is 0 Å². The van der Waals surface area contributed by atoms with Crippen molar-refractivity contribution in [1.82, 2.24) is 4.31 Å². The highest BCUT2D eigenvalue weighted by molar-refractivity contribution is 7.89. The molecule has 0 aliphatic heterocycles. The predicted molar refractivity (Wildman–Crippen MR) is 136 cm³/mol. The van der Waals surface area contributed by atoms with Crippen molar-refractivity contribution < 1.29 is 12.8 Å². The van der Waals surface area contributed by atoms with E-state index in [4.69, 9.17) is 10.8 Å². The number of rotatable bonds is 9. The van der Waals surface area contributed by atoms with Gasteiger partial charge in [0.2, 0.25) is 10.0 Å². The largest absolute Gasteiger partial charge is 0.546 e. The zero-order chi connectivity index (χ0) is 24.3. The van der Waals surface area contributed by atoms with E-state index in [-0.39, 0.29) is 17.5 Å². The molecular formula is C26H41NO3SSi. The summed E-state index contributed by atoms with van der Waals surface area (Å²) in [4.78, 5) is 0.287. The summed E-state index contributed by atoms with van der Waals surface area (Å²) in [5.74, 6) is 3.57. The minimum absolute atomic E-state index is 0.0482. The van der Waals surface area contributed by atoms with E-state index >= 15 is 0 Å². The van der Waals surface area contributed by atoms with Crippen LogP contribution in [0, 0.1) is 19.3 Å². The molecule has 0 amide bonds. The quantitative estimate of drug-likeness (QED) is 0.297. The summed E-state index contributed by atoms with van der Waals surface area (Å²) in [5.41, 5.74) is 3.42. The summed E-state index contributed by atoms with van der Waals surface area (Å²) in [7, 11) is -5.84. The van der Waals surface area contributed by atoms with E-state index in [1.165, 1.54) is 4.31 Å². The van der Waals surface area contributed by atoms with Crippen LogP contribution in [0.1, 0.15) is 73.3 Å². The van der Waals surface area contributed by atoms with Crippen molar-refractivity contribution >= 4 is 18.3 Å². The van der Waals surface area contributed by atoms with Crippen molar-refractivity contribution in [3.8, 4) is 12.3 Å². The van der Waals surface area contributed by atoms with Gasteiger partial charge in [-0.3, -0.25) is 0 Å². The molecule has 0 saturated heterocycles. The molecule has 32 heavy (non-hydrogen) atoms. The fourth-order valence-electron chi connectivity index (χ4n) is 5.41. The van der Waals surface area contributed by atoms with Crippen LogP contribution in [0.25, 0.3) is 0 Å². The Morgan fingerprint density at radius 1 is 1.06 bits per heavy atom. The smallest absolute Gasteiger partial charge is 0.258 e. The maximum absolute atomic E-state index is 13.6. The molecule has 1 aromatic rings. The van der Waals surface area contributed by atoms with Gasteiger partial charge in [0, 0.05) is 6.42 Å². The first kappa shape index (κ1) is 26.7. The summed E-state index contributed by atoms with van der Waals surface area (Å²) in [6.07, 6.45) is 8.14. The topological polar surface area (TPSA) is 46.6 Å². The van der Waals surface area contributed by atoms with Crippen molar-refractivity contribution in [2.45, 2.75) is 102 Å². The predicted octanol–water partition coefficient (Wildman–Crippen LogP) is 6.64. The molecular weight excluding hydrogens is 434 g/mol. The van der Waals surface area contributed by atoms with Crippen LogP contribution in [0.2, 0.25) is 16.6 Å². The number of hydrogen-bond acceptors (Lipinski definition) is 3. The fraction of sp³-hybridized carbons (Fsp3) is 0.615. The van der Waals surface area contributed by atoms with E-state index < -0.39 is 18.3 Å². The average Bonchev–Trinajstić information content (AvgIpc) is 2.71. The lowest BCUT2D eigenvalue weighted by Gasteiger charge is -2.45. The van der Waals surface area contributed by atoms with Gasteiger partial charge in [-0.1, -0.05) is 65.2 Å². The lowest BCUT2D eigenvalue weighted by Crippen LogP contribution is -2.49. The molecule has 178 valence electrons. The Bertz CT molecular complexity index is 934. The SMILES string of the molecule is C#CCN(C1CCCC(O[Si](C(C)C)(C(C)C)C(C)C)=C1C)S(=O)(=O)c1ccc(C)cc1. The first-order valence-electron chi connectivity index (χ1n) is 11.8. The number of terminal acetylenes is 1. The van der Waals surface area contributed by atoms with Gasteiger partial charge in [0.25, 0.3) is 8.32 Å².